The predicted octanol–water partition coefficient (Wildman–Crippen LogP) is 2.28. The summed E-state index contributed by atoms with van der Waals surface area (Å²) in [5, 5.41) is 6.28. The molecule has 0 aliphatic carbocycles. The van der Waals surface area contributed by atoms with Crippen molar-refractivity contribution in [3.8, 4) is 5.75 Å². The number of carbonyl (C=O) groups is 1. The van der Waals surface area contributed by atoms with Gasteiger partial charge in [0, 0.05) is 18.8 Å². The molecule has 1 aliphatic heterocycles. The maximum absolute atomic E-state index is 12.5. The summed E-state index contributed by atoms with van der Waals surface area (Å²) in [4.78, 5) is 14.6. The van der Waals surface area contributed by atoms with Crippen molar-refractivity contribution in [3.63, 3.8) is 0 Å². The van der Waals surface area contributed by atoms with Gasteiger partial charge in [0.15, 0.2) is 0 Å². The second kappa shape index (κ2) is 8.14. The molecule has 1 amide bonds. The van der Waals surface area contributed by atoms with E-state index < -0.39 is 0 Å². The largest absolute Gasteiger partial charge is 0.492 e. The van der Waals surface area contributed by atoms with E-state index in [2.05, 4.69) is 27.7 Å². The smallest absolute Gasteiger partial charge is 0.241 e. The molecule has 0 saturated carbocycles. The predicted molar refractivity (Wildman–Crippen MR) is 99.9 cm³/mol. The van der Waals surface area contributed by atoms with Gasteiger partial charge in [-0.1, -0.05) is 24.3 Å². The van der Waals surface area contributed by atoms with Crippen LogP contribution in [0.25, 0.3) is 0 Å². The first-order valence-corrected chi connectivity index (χ1v) is 8.60. The first-order chi connectivity index (χ1) is 12.1. The molecule has 1 aliphatic rings. The van der Waals surface area contributed by atoms with Crippen molar-refractivity contribution < 1.29 is 9.53 Å². The Labute approximate surface area is 149 Å². The lowest BCUT2D eigenvalue weighted by atomic mass is 9.95. The van der Waals surface area contributed by atoms with E-state index in [4.69, 9.17) is 4.74 Å². The number of nitrogens with zero attached hydrogens (tertiary/aromatic N) is 1. The molecule has 5 nitrogen and oxygen atoms in total. The van der Waals surface area contributed by atoms with E-state index in [9.17, 15) is 4.79 Å². The van der Waals surface area contributed by atoms with Gasteiger partial charge in [0.2, 0.25) is 5.91 Å². The molecule has 5 heteroatoms. The van der Waals surface area contributed by atoms with Crippen LogP contribution in [0.15, 0.2) is 48.5 Å². The molecule has 1 unspecified atom stereocenters. The molecular weight excluding hydrogens is 314 g/mol. The summed E-state index contributed by atoms with van der Waals surface area (Å²) < 4.78 is 5.67. The number of nitrogens with one attached hydrogen (secondary N) is 2. The lowest BCUT2D eigenvalue weighted by Crippen LogP contribution is -2.44. The van der Waals surface area contributed by atoms with Crippen molar-refractivity contribution in [1.82, 2.24) is 10.2 Å². The number of fused-ring (bicyclic) bond motifs is 1. The minimum atomic E-state index is -0.203. The zero-order valence-corrected chi connectivity index (χ0v) is 14.8. The maximum atomic E-state index is 12.5. The zero-order chi connectivity index (χ0) is 17.6. The first kappa shape index (κ1) is 17.5. The molecule has 0 aromatic heterocycles. The lowest BCUT2D eigenvalue weighted by Gasteiger charge is -2.25. The van der Waals surface area contributed by atoms with Crippen LogP contribution in [0.4, 0.5) is 5.69 Å². The summed E-state index contributed by atoms with van der Waals surface area (Å²) in [6, 6.07) is 15.6. The van der Waals surface area contributed by atoms with E-state index in [-0.39, 0.29) is 11.9 Å². The van der Waals surface area contributed by atoms with Crippen LogP contribution in [0, 0.1) is 0 Å². The number of amides is 1. The highest BCUT2D eigenvalue weighted by Crippen LogP contribution is 2.19. The Morgan fingerprint density at radius 2 is 1.88 bits per heavy atom. The van der Waals surface area contributed by atoms with Gasteiger partial charge in [0.05, 0.1) is 6.04 Å². The summed E-state index contributed by atoms with van der Waals surface area (Å²) in [7, 11) is 4.03. The highest BCUT2D eigenvalue weighted by molar-refractivity contribution is 5.95. The fourth-order valence-electron chi connectivity index (χ4n) is 2.85. The van der Waals surface area contributed by atoms with Crippen molar-refractivity contribution in [2.45, 2.75) is 19.0 Å². The quantitative estimate of drug-likeness (QED) is 0.848. The van der Waals surface area contributed by atoms with Gasteiger partial charge in [0.1, 0.15) is 12.4 Å². The number of ether oxygens (including phenoxy) is 1. The SMILES string of the molecule is CN(C)CCOc1ccc(NC(=O)C2Cc3ccccc3CN2)cc1. The molecule has 2 aromatic rings. The van der Waals surface area contributed by atoms with E-state index in [0.717, 1.165) is 24.5 Å². The molecule has 132 valence electrons. The van der Waals surface area contributed by atoms with Crippen molar-refractivity contribution in [1.29, 1.82) is 0 Å². The van der Waals surface area contributed by atoms with E-state index in [1.54, 1.807) is 0 Å². The summed E-state index contributed by atoms with van der Waals surface area (Å²) in [6.07, 6.45) is 0.716. The second-order valence-electron chi connectivity index (χ2n) is 6.57. The van der Waals surface area contributed by atoms with Crippen LogP contribution in [0.3, 0.4) is 0 Å². The van der Waals surface area contributed by atoms with Gasteiger partial charge < -0.3 is 20.3 Å². The minimum absolute atomic E-state index is 0.00391. The van der Waals surface area contributed by atoms with Crippen molar-refractivity contribution in [2.24, 2.45) is 0 Å². The van der Waals surface area contributed by atoms with Crippen molar-refractivity contribution in [3.05, 3.63) is 59.7 Å². The van der Waals surface area contributed by atoms with Gasteiger partial charge in [0.25, 0.3) is 0 Å². The van der Waals surface area contributed by atoms with Crippen LogP contribution in [0.1, 0.15) is 11.1 Å². The van der Waals surface area contributed by atoms with E-state index in [0.29, 0.717) is 13.0 Å². The Bertz CT molecular complexity index is 713. The van der Waals surface area contributed by atoms with E-state index >= 15 is 0 Å². The van der Waals surface area contributed by atoms with Gasteiger partial charge in [-0.2, -0.15) is 0 Å². The van der Waals surface area contributed by atoms with Gasteiger partial charge >= 0.3 is 0 Å². The van der Waals surface area contributed by atoms with Crippen LogP contribution >= 0.6 is 0 Å². The average molecular weight is 339 g/mol. The molecule has 1 heterocycles. The minimum Gasteiger partial charge on any atom is -0.492 e. The second-order valence-corrected chi connectivity index (χ2v) is 6.57. The first-order valence-electron chi connectivity index (χ1n) is 8.60. The third-order valence-electron chi connectivity index (χ3n) is 4.33. The molecule has 0 spiro atoms. The van der Waals surface area contributed by atoms with E-state index in [1.807, 2.05) is 50.5 Å². The molecule has 0 fully saturated rings. The van der Waals surface area contributed by atoms with Crippen LogP contribution in [-0.2, 0) is 17.8 Å². The third kappa shape index (κ3) is 4.81. The van der Waals surface area contributed by atoms with Gasteiger partial charge in [-0.3, -0.25) is 4.79 Å². The van der Waals surface area contributed by atoms with Crippen LogP contribution in [-0.4, -0.2) is 44.1 Å². The molecule has 1 atom stereocenters. The molecular formula is C20H25N3O2. The van der Waals surface area contributed by atoms with Gasteiger partial charge in [-0.05, 0) is 55.9 Å². The maximum Gasteiger partial charge on any atom is 0.241 e. The summed E-state index contributed by atoms with van der Waals surface area (Å²) in [5.74, 6) is 0.806. The molecule has 2 aromatic carbocycles. The Morgan fingerprint density at radius 3 is 2.60 bits per heavy atom. The molecule has 3 rings (SSSR count). The molecule has 0 saturated heterocycles. The molecule has 0 bridgehead atoms. The topological polar surface area (TPSA) is 53.6 Å². The number of hydrogen-bond donors (Lipinski definition) is 2. The number of hydrogen-bond acceptors (Lipinski definition) is 4. The highest BCUT2D eigenvalue weighted by Gasteiger charge is 2.23. The van der Waals surface area contributed by atoms with E-state index in [1.165, 1.54) is 11.1 Å². The Balaban J connectivity index is 1.53. The highest BCUT2D eigenvalue weighted by atomic mass is 16.5. The number of likely N-dealkylation sites (N-methyl/N-ethyl adjacent to an activating group) is 1. The molecule has 0 radical (unpaired) electrons. The monoisotopic (exact) mass is 339 g/mol. The Hall–Kier alpha value is -2.37. The average Bonchev–Trinajstić information content (AvgIpc) is 2.62. The third-order valence-corrected chi connectivity index (χ3v) is 4.33. The Kier molecular flexibility index (Phi) is 5.68. The lowest BCUT2D eigenvalue weighted by molar-refractivity contribution is -0.118. The fraction of sp³-hybridized carbons (Fsp3) is 0.350. The number of carbonyl (C=O) groups excluding carboxylic acids is 1. The summed E-state index contributed by atoms with van der Waals surface area (Å²) in [5.41, 5.74) is 3.29. The normalized spacial score (nSPS) is 16.4. The number of rotatable bonds is 6. The number of anilines is 1. The number of benzene rings is 2. The van der Waals surface area contributed by atoms with Crippen LogP contribution < -0.4 is 15.4 Å². The summed E-state index contributed by atoms with van der Waals surface area (Å²) >= 11 is 0. The molecule has 25 heavy (non-hydrogen) atoms. The Morgan fingerprint density at radius 1 is 1.16 bits per heavy atom. The van der Waals surface area contributed by atoms with Crippen LogP contribution in [0.5, 0.6) is 5.75 Å². The molecule has 2 N–H and O–H groups in total. The summed E-state index contributed by atoms with van der Waals surface area (Å²) in [6.45, 7) is 2.24. The standard InChI is InChI=1S/C20H25N3O2/c1-23(2)11-12-25-18-9-7-17(8-10-18)22-20(24)19-13-15-5-3-4-6-16(15)14-21-19/h3-10,19,21H,11-14H2,1-2H3,(H,22,24). The van der Waals surface area contributed by atoms with Crippen molar-refractivity contribution >= 4 is 11.6 Å². The zero-order valence-electron chi connectivity index (χ0n) is 14.8. The van der Waals surface area contributed by atoms with Gasteiger partial charge in [-0.25, -0.2) is 0 Å². The fourth-order valence-corrected chi connectivity index (χ4v) is 2.85. The van der Waals surface area contributed by atoms with Crippen molar-refractivity contribution in [2.75, 3.05) is 32.6 Å². The van der Waals surface area contributed by atoms with Gasteiger partial charge in [-0.15, -0.1) is 0 Å². The van der Waals surface area contributed by atoms with Crippen LogP contribution in [0.2, 0.25) is 0 Å².